The zero-order chi connectivity index (χ0) is 26.4. The largest absolute Gasteiger partial charge is 0.356 e. The smallest absolute Gasteiger partial charge is 0.289 e. The number of nitrogens with one attached hydrogen (secondary N) is 4. The highest BCUT2D eigenvalue weighted by Gasteiger charge is 2.38. The summed E-state index contributed by atoms with van der Waals surface area (Å²) in [5.74, 6) is -2.42. The van der Waals surface area contributed by atoms with E-state index in [0.717, 1.165) is 37.7 Å². The monoisotopic (exact) mass is 510 g/mol. The molecule has 3 aliphatic rings. The van der Waals surface area contributed by atoms with E-state index in [2.05, 4.69) is 21.3 Å². The molecule has 1 saturated heterocycles. The molecule has 1 aromatic rings. The Morgan fingerprint density at radius 1 is 0.946 bits per heavy atom. The summed E-state index contributed by atoms with van der Waals surface area (Å²) in [7, 11) is 0. The molecule has 9 heteroatoms. The Bertz CT molecular complexity index is 1010. The fourth-order valence-corrected chi connectivity index (χ4v) is 4.92. The molecule has 1 heterocycles. The molecule has 200 valence electrons. The Kier molecular flexibility index (Phi) is 8.95. The highest BCUT2D eigenvalue weighted by atomic mass is 16.2. The molecule has 4 rings (SSSR count). The molecule has 2 unspecified atom stereocenters. The minimum absolute atomic E-state index is 0.000565. The van der Waals surface area contributed by atoms with Crippen LogP contribution >= 0.6 is 0 Å². The van der Waals surface area contributed by atoms with Crippen molar-refractivity contribution in [1.82, 2.24) is 21.3 Å². The van der Waals surface area contributed by atoms with E-state index >= 15 is 0 Å². The first-order chi connectivity index (χ1) is 17.8. The van der Waals surface area contributed by atoms with Gasteiger partial charge in [0.2, 0.25) is 23.5 Å². The maximum absolute atomic E-state index is 13.4. The number of Topliss-reactive ketones (excluding diaryl/α,β-unsaturated/α-hetero) is 1. The van der Waals surface area contributed by atoms with Crippen molar-refractivity contribution in [2.45, 2.75) is 88.8 Å². The van der Waals surface area contributed by atoms with Crippen LogP contribution in [0.2, 0.25) is 0 Å². The number of hydrogen-bond acceptors (Lipinski definition) is 5. The molecular weight excluding hydrogens is 472 g/mol. The highest BCUT2D eigenvalue weighted by molar-refractivity contribution is 6.38. The van der Waals surface area contributed by atoms with Gasteiger partial charge in [0.05, 0.1) is 6.04 Å². The van der Waals surface area contributed by atoms with Crippen molar-refractivity contribution in [1.29, 1.82) is 0 Å². The predicted octanol–water partition coefficient (Wildman–Crippen LogP) is 1.71. The number of ketones is 1. The van der Waals surface area contributed by atoms with Gasteiger partial charge in [-0.25, -0.2) is 0 Å². The van der Waals surface area contributed by atoms with Gasteiger partial charge in [0.15, 0.2) is 0 Å². The number of hydrogen-bond donors (Lipinski definition) is 4. The summed E-state index contributed by atoms with van der Waals surface area (Å²) in [5.41, 5.74) is 1.07. The zero-order valence-electron chi connectivity index (χ0n) is 21.5. The molecule has 0 spiro atoms. The van der Waals surface area contributed by atoms with E-state index in [0.29, 0.717) is 25.3 Å². The molecule has 2 aliphatic carbocycles. The standard InChI is InChI=1S/C28H38N4O5/c1-2-18(19-6-4-3-5-7-19)16-24(33)31-23(14-17-8-9-17)27(36)32-22(15-20-12-13-29-26(20)35)25(34)28(37)30-21-10-11-21/h3-7,17-18,20-23H,2,8-16H2,1H3,(H,29,35)(H,30,37)(H,31,33)(H,32,36)/t18-,20?,22?,23+/m1/s1. The Balaban J connectivity index is 1.42. The topological polar surface area (TPSA) is 133 Å². The molecule has 0 bridgehead atoms. The minimum Gasteiger partial charge on any atom is -0.356 e. The van der Waals surface area contributed by atoms with Crippen molar-refractivity contribution < 1.29 is 24.0 Å². The maximum atomic E-state index is 13.4. The molecule has 2 saturated carbocycles. The van der Waals surface area contributed by atoms with Crippen molar-refractivity contribution in [3.05, 3.63) is 35.9 Å². The zero-order valence-corrected chi connectivity index (χ0v) is 21.5. The molecule has 1 aromatic carbocycles. The van der Waals surface area contributed by atoms with Crippen LogP contribution in [0.3, 0.4) is 0 Å². The molecule has 37 heavy (non-hydrogen) atoms. The summed E-state index contributed by atoms with van der Waals surface area (Å²) in [6.45, 7) is 2.54. The first-order valence-corrected chi connectivity index (χ1v) is 13.6. The molecule has 4 N–H and O–H groups in total. The summed E-state index contributed by atoms with van der Waals surface area (Å²) in [6.07, 6.45) is 5.78. The normalized spacial score (nSPS) is 21.3. The molecule has 0 radical (unpaired) electrons. The average molecular weight is 511 g/mol. The lowest BCUT2D eigenvalue weighted by Crippen LogP contribution is -2.55. The van der Waals surface area contributed by atoms with Gasteiger partial charge in [-0.1, -0.05) is 50.1 Å². The SMILES string of the molecule is CC[C@H](CC(=O)N[C@@H](CC1CC1)C(=O)NC(CC1CCNC1=O)C(=O)C(=O)NC1CC1)c1ccccc1. The van der Waals surface area contributed by atoms with Gasteiger partial charge in [0.25, 0.3) is 5.91 Å². The lowest BCUT2D eigenvalue weighted by atomic mass is 9.92. The van der Waals surface area contributed by atoms with E-state index in [9.17, 15) is 24.0 Å². The summed E-state index contributed by atoms with van der Waals surface area (Å²) < 4.78 is 0. The number of benzene rings is 1. The Morgan fingerprint density at radius 2 is 1.68 bits per heavy atom. The average Bonchev–Trinajstić information content (AvgIpc) is 3.83. The molecular formula is C28H38N4O5. The van der Waals surface area contributed by atoms with Gasteiger partial charge in [0.1, 0.15) is 6.04 Å². The van der Waals surface area contributed by atoms with Crippen LogP contribution in [-0.2, 0) is 24.0 Å². The van der Waals surface area contributed by atoms with E-state index in [1.807, 2.05) is 37.3 Å². The molecule has 9 nitrogen and oxygen atoms in total. The van der Waals surface area contributed by atoms with E-state index in [1.165, 1.54) is 0 Å². The third-order valence-corrected chi connectivity index (χ3v) is 7.57. The predicted molar refractivity (Wildman–Crippen MR) is 137 cm³/mol. The fraction of sp³-hybridized carbons (Fsp3) is 0.607. The van der Waals surface area contributed by atoms with Gasteiger partial charge in [-0.3, -0.25) is 24.0 Å². The summed E-state index contributed by atoms with van der Waals surface area (Å²) >= 11 is 0. The fourth-order valence-electron chi connectivity index (χ4n) is 4.92. The lowest BCUT2D eigenvalue weighted by molar-refractivity contribution is -0.141. The van der Waals surface area contributed by atoms with Gasteiger partial charge < -0.3 is 21.3 Å². The van der Waals surface area contributed by atoms with Crippen LogP contribution in [-0.4, -0.2) is 54.1 Å². The molecule has 3 fully saturated rings. The third-order valence-electron chi connectivity index (χ3n) is 7.57. The van der Waals surface area contributed by atoms with Crippen LogP contribution in [0.15, 0.2) is 30.3 Å². The summed E-state index contributed by atoms with van der Waals surface area (Å²) in [6, 6.07) is 7.90. The van der Waals surface area contributed by atoms with Gasteiger partial charge in [0, 0.05) is 24.9 Å². The van der Waals surface area contributed by atoms with Gasteiger partial charge in [-0.2, -0.15) is 0 Å². The van der Waals surface area contributed by atoms with Crippen molar-refractivity contribution >= 4 is 29.4 Å². The van der Waals surface area contributed by atoms with Gasteiger partial charge in [-0.15, -0.1) is 0 Å². The lowest BCUT2D eigenvalue weighted by Gasteiger charge is -2.24. The van der Waals surface area contributed by atoms with Crippen LogP contribution in [0.5, 0.6) is 0 Å². The van der Waals surface area contributed by atoms with Gasteiger partial charge in [-0.05, 0) is 55.9 Å². The van der Waals surface area contributed by atoms with Gasteiger partial charge >= 0.3 is 0 Å². The number of rotatable bonds is 14. The Labute approximate surface area is 217 Å². The van der Waals surface area contributed by atoms with Crippen LogP contribution in [0.4, 0.5) is 0 Å². The molecule has 1 aliphatic heterocycles. The molecule has 4 atom stereocenters. The first kappa shape index (κ1) is 26.8. The van der Waals surface area contributed by atoms with Crippen LogP contribution in [0, 0.1) is 11.8 Å². The summed E-state index contributed by atoms with van der Waals surface area (Å²) in [5, 5.41) is 11.1. The maximum Gasteiger partial charge on any atom is 0.289 e. The van der Waals surface area contributed by atoms with E-state index in [1.54, 1.807) is 0 Å². The summed E-state index contributed by atoms with van der Waals surface area (Å²) in [4.78, 5) is 64.1. The number of amides is 4. The second-order valence-electron chi connectivity index (χ2n) is 10.7. The Morgan fingerprint density at radius 3 is 2.27 bits per heavy atom. The van der Waals surface area contributed by atoms with Crippen molar-refractivity contribution in [3.63, 3.8) is 0 Å². The van der Waals surface area contributed by atoms with E-state index in [-0.39, 0.29) is 36.6 Å². The number of carbonyl (C=O) groups excluding carboxylic acids is 5. The molecule has 0 aromatic heterocycles. The Hall–Kier alpha value is -3.23. The first-order valence-electron chi connectivity index (χ1n) is 13.6. The highest BCUT2D eigenvalue weighted by Crippen LogP contribution is 2.34. The van der Waals surface area contributed by atoms with E-state index in [4.69, 9.17) is 0 Å². The molecule has 4 amide bonds. The van der Waals surface area contributed by atoms with Crippen molar-refractivity contribution in [3.8, 4) is 0 Å². The van der Waals surface area contributed by atoms with Crippen LogP contribution in [0.25, 0.3) is 0 Å². The van der Waals surface area contributed by atoms with Crippen LogP contribution in [0.1, 0.15) is 76.2 Å². The second-order valence-corrected chi connectivity index (χ2v) is 10.7. The van der Waals surface area contributed by atoms with E-state index < -0.39 is 35.6 Å². The number of carbonyl (C=O) groups is 5. The quantitative estimate of drug-likeness (QED) is 0.283. The second kappa shape index (κ2) is 12.3. The third kappa shape index (κ3) is 7.87. The minimum atomic E-state index is -1.12. The van der Waals surface area contributed by atoms with Crippen molar-refractivity contribution in [2.24, 2.45) is 11.8 Å². The van der Waals surface area contributed by atoms with Crippen molar-refractivity contribution in [2.75, 3.05) is 6.54 Å². The van der Waals surface area contributed by atoms with Crippen LogP contribution < -0.4 is 21.3 Å².